The molecule has 3 aliphatic rings. The molecule has 2 heterocycles. The molecule has 0 aromatic carbocycles. The zero-order valence-corrected chi connectivity index (χ0v) is 13.0. The van der Waals surface area contributed by atoms with E-state index in [1.165, 1.54) is 18.4 Å². The molecule has 0 aromatic heterocycles. The Morgan fingerprint density at radius 1 is 1.44 bits per heavy atom. The maximum atomic E-state index is 10.9. The van der Waals surface area contributed by atoms with Gasteiger partial charge in [-0.15, -0.1) is 0 Å². The topological polar surface area (TPSA) is 29.5 Å². The molecule has 5 atom stereocenters. The van der Waals surface area contributed by atoms with Gasteiger partial charge in [0, 0.05) is 18.3 Å². The van der Waals surface area contributed by atoms with Crippen molar-refractivity contribution in [2.24, 2.45) is 23.7 Å². The van der Waals surface area contributed by atoms with Crippen LogP contribution in [0, 0.1) is 23.7 Å². The van der Waals surface area contributed by atoms with Crippen molar-refractivity contribution in [1.29, 1.82) is 0 Å². The summed E-state index contributed by atoms with van der Waals surface area (Å²) in [5.41, 5.74) is 1.26. The summed E-state index contributed by atoms with van der Waals surface area (Å²) in [6.45, 7) is 6.70. The van der Waals surface area contributed by atoms with Crippen LogP contribution in [-0.2, 0) is 4.74 Å². The largest absolute Gasteiger partial charge is 0.365 e. The van der Waals surface area contributed by atoms with E-state index in [9.17, 15) is 5.11 Å². The summed E-state index contributed by atoms with van der Waals surface area (Å²) < 4.78 is 6.31. The summed E-state index contributed by atoms with van der Waals surface area (Å²) in [6, 6.07) is 0. The second kappa shape index (κ2) is 4.07. The molecule has 1 N–H and O–H groups in total. The minimum Gasteiger partial charge on any atom is -0.365 e. The van der Waals surface area contributed by atoms with Gasteiger partial charge in [-0.05, 0) is 36.1 Å². The summed E-state index contributed by atoms with van der Waals surface area (Å²) >= 11 is 3.50. The van der Waals surface area contributed by atoms with E-state index in [2.05, 4.69) is 36.7 Å². The van der Waals surface area contributed by atoms with Crippen LogP contribution in [0.2, 0.25) is 0 Å². The van der Waals surface area contributed by atoms with Gasteiger partial charge in [0.25, 0.3) is 0 Å². The number of rotatable bonds is 1. The lowest BCUT2D eigenvalue weighted by atomic mass is 9.77. The average molecular weight is 315 g/mol. The normalized spacial score (nSPS) is 53.2. The first kappa shape index (κ1) is 13.1. The maximum Gasteiger partial charge on any atom is 0.173 e. The lowest BCUT2D eigenvalue weighted by molar-refractivity contribution is -0.269. The van der Waals surface area contributed by atoms with Gasteiger partial charge < -0.3 is 9.84 Å². The third kappa shape index (κ3) is 1.53. The van der Waals surface area contributed by atoms with Crippen molar-refractivity contribution in [3.8, 4) is 0 Å². The van der Waals surface area contributed by atoms with Gasteiger partial charge in [-0.2, -0.15) is 0 Å². The molecule has 2 saturated heterocycles. The summed E-state index contributed by atoms with van der Waals surface area (Å²) in [5.74, 6) is 0.877. The number of hydrogen-bond acceptors (Lipinski definition) is 2. The van der Waals surface area contributed by atoms with Gasteiger partial charge in [0.2, 0.25) is 0 Å². The van der Waals surface area contributed by atoms with Crippen LogP contribution in [0.5, 0.6) is 0 Å². The van der Waals surface area contributed by atoms with Crippen molar-refractivity contribution >= 4 is 15.9 Å². The highest BCUT2D eigenvalue weighted by Crippen LogP contribution is 2.64. The number of fused-ring (bicyclic) bond motifs is 1. The Morgan fingerprint density at radius 3 is 2.78 bits per heavy atom. The van der Waals surface area contributed by atoms with Gasteiger partial charge in [0.15, 0.2) is 5.79 Å². The molecule has 102 valence electrons. The van der Waals surface area contributed by atoms with Crippen LogP contribution < -0.4 is 0 Å². The monoisotopic (exact) mass is 314 g/mol. The standard InChI is InChI=1S/C15H23BrO2/c1-9(2)13-7-14-10(3)4-5-12(14)11(8-16)6-15(13,17)18-14/h8-10,12-13,17H,4-7H2,1-3H3/b11-8+. The zero-order valence-electron chi connectivity index (χ0n) is 11.4. The van der Waals surface area contributed by atoms with Gasteiger partial charge >= 0.3 is 0 Å². The Labute approximate surface area is 118 Å². The third-order valence-corrected chi connectivity index (χ3v) is 6.24. The van der Waals surface area contributed by atoms with Crippen LogP contribution in [0.4, 0.5) is 0 Å². The summed E-state index contributed by atoms with van der Waals surface area (Å²) in [6.07, 6.45) is 4.13. The molecule has 3 heteroatoms. The highest BCUT2D eigenvalue weighted by Gasteiger charge is 2.66. The Morgan fingerprint density at radius 2 is 2.17 bits per heavy atom. The van der Waals surface area contributed by atoms with Crippen LogP contribution >= 0.6 is 15.9 Å². The van der Waals surface area contributed by atoms with E-state index in [0.717, 1.165) is 6.42 Å². The predicted octanol–water partition coefficient (Wildman–Crippen LogP) is 3.83. The summed E-state index contributed by atoms with van der Waals surface area (Å²) in [5, 5.41) is 10.9. The molecule has 3 fully saturated rings. The van der Waals surface area contributed by atoms with Crippen LogP contribution in [0.3, 0.4) is 0 Å². The van der Waals surface area contributed by atoms with Crippen molar-refractivity contribution in [2.45, 2.75) is 57.8 Å². The maximum absolute atomic E-state index is 10.9. The second-order valence-electron chi connectivity index (χ2n) is 6.85. The Balaban J connectivity index is 2.06. The average Bonchev–Trinajstić information content (AvgIpc) is 2.75. The van der Waals surface area contributed by atoms with E-state index < -0.39 is 5.79 Å². The SMILES string of the molecule is CC(C)C1CC23OC1(O)C/C(=C\Br)C2CCC3C. The van der Waals surface area contributed by atoms with E-state index in [4.69, 9.17) is 4.74 Å². The number of ether oxygens (including phenoxy) is 1. The molecule has 5 unspecified atom stereocenters. The Kier molecular flexibility index (Phi) is 2.97. The van der Waals surface area contributed by atoms with Gasteiger partial charge in [-0.25, -0.2) is 0 Å². The fraction of sp³-hybridized carbons (Fsp3) is 0.867. The minimum absolute atomic E-state index is 0.0957. The molecule has 0 amide bonds. The molecule has 2 bridgehead atoms. The quantitative estimate of drug-likeness (QED) is 0.797. The number of aliphatic hydroxyl groups is 1. The summed E-state index contributed by atoms with van der Waals surface area (Å²) in [4.78, 5) is 2.04. The van der Waals surface area contributed by atoms with Gasteiger partial charge in [0.1, 0.15) is 0 Å². The zero-order chi connectivity index (χ0) is 13.1. The second-order valence-corrected chi connectivity index (χ2v) is 7.31. The van der Waals surface area contributed by atoms with Gasteiger partial charge in [-0.1, -0.05) is 42.3 Å². The Bertz CT molecular complexity index is 392. The van der Waals surface area contributed by atoms with Crippen LogP contribution in [-0.4, -0.2) is 16.5 Å². The lowest BCUT2D eigenvalue weighted by Crippen LogP contribution is -2.48. The third-order valence-electron chi connectivity index (χ3n) is 5.65. The first-order chi connectivity index (χ1) is 8.43. The number of hydrogen-bond donors (Lipinski definition) is 1. The van der Waals surface area contributed by atoms with E-state index in [1.54, 1.807) is 0 Å². The van der Waals surface area contributed by atoms with Gasteiger partial charge in [0.05, 0.1) is 5.60 Å². The lowest BCUT2D eigenvalue weighted by Gasteiger charge is -2.44. The minimum atomic E-state index is -0.928. The predicted molar refractivity (Wildman–Crippen MR) is 75.2 cm³/mol. The molecule has 18 heavy (non-hydrogen) atoms. The van der Waals surface area contributed by atoms with Gasteiger partial charge in [-0.3, -0.25) is 0 Å². The molecule has 0 radical (unpaired) electrons. The molecule has 2 nitrogen and oxygen atoms in total. The number of halogens is 1. The Hall–Kier alpha value is 0.140. The van der Waals surface area contributed by atoms with E-state index >= 15 is 0 Å². The van der Waals surface area contributed by atoms with Crippen molar-refractivity contribution < 1.29 is 9.84 Å². The van der Waals surface area contributed by atoms with Crippen LogP contribution in [0.25, 0.3) is 0 Å². The van der Waals surface area contributed by atoms with Crippen LogP contribution in [0.1, 0.15) is 46.5 Å². The fourth-order valence-electron chi connectivity index (χ4n) is 4.67. The molecular weight excluding hydrogens is 292 g/mol. The van der Waals surface area contributed by atoms with E-state index in [0.29, 0.717) is 24.2 Å². The highest BCUT2D eigenvalue weighted by molar-refractivity contribution is 9.11. The molecule has 0 aromatic rings. The van der Waals surface area contributed by atoms with Crippen molar-refractivity contribution in [3.63, 3.8) is 0 Å². The molecule has 3 rings (SSSR count). The molecule has 1 spiro atoms. The fourth-order valence-corrected chi connectivity index (χ4v) is 5.15. The molecule has 1 aliphatic carbocycles. The first-order valence-electron chi connectivity index (χ1n) is 7.14. The molecular formula is C15H23BrO2. The van der Waals surface area contributed by atoms with Crippen molar-refractivity contribution in [1.82, 2.24) is 0 Å². The smallest absolute Gasteiger partial charge is 0.173 e. The van der Waals surface area contributed by atoms with Crippen LogP contribution in [0.15, 0.2) is 10.6 Å². The van der Waals surface area contributed by atoms with Crippen molar-refractivity contribution in [2.75, 3.05) is 0 Å². The molecule has 1 saturated carbocycles. The highest BCUT2D eigenvalue weighted by atomic mass is 79.9. The summed E-state index contributed by atoms with van der Waals surface area (Å²) in [7, 11) is 0. The van der Waals surface area contributed by atoms with E-state index in [1.807, 2.05) is 4.99 Å². The first-order valence-corrected chi connectivity index (χ1v) is 8.06. The molecule has 2 aliphatic heterocycles. The van der Waals surface area contributed by atoms with E-state index in [-0.39, 0.29) is 11.5 Å². The van der Waals surface area contributed by atoms with Crippen molar-refractivity contribution in [3.05, 3.63) is 10.6 Å².